The van der Waals surface area contributed by atoms with Crippen LogP contribution in [0.1, 0.15) is 153 Å². The second-order valence-electron chi connectivity index (χ2n) is 15.2. The first-order chi connectivity index (χ1) is 21.3. The molecule has 0 radical (unpaired) electrons. The fourth-order valence-corrected chi connectivity index (χ4v) is 5.74. The van der Waals surface area contributed by atoms with Crippen molar-refractivity contribution < 1.29 is 4.74 Å². The quantitative estimate of drug-likeness (QED) is 0.273. The van der Waals surface area contributed by atoms with Gasteiger partial charge in [0.05, 0.1) is 13.2 Å². The Morgan fingerprint density at radius 1 is 0.375 bits per heavy atom. The van der Waals surface area contributed by atoms with Crippen molar-refractivity contribution in [3.05, 3.63) is 0 Å². The molecule has 3 saturated carbocycles. The zero-order chi connectivity index (χ0) is 32.3. The van der Waals surface area contributed by atoms with Crippen molar-refractivity contribution in [1.29, 1.82) is 0 Å². The largest absolute Gasteiger partial charge is 0.379 e. The lowest BCUT2D eigenvalue weighted by Gasteiger charge is -2.24. The molecule has 7 fully saturated rings. The number of nitrogens with zero attached hydrogens (tertiary/aromatic N) is 4. The molecule has 0 atom stereocenters. The highest BCUT2D eigenvalue weighted by Crippen LogP contribution is 2.26. The van der Waals surface area contributed by atoms with Gasteiger partial charge in [-0.1, -0.05) is 134 Å². The van der Waals surface area contributed by atoms with Gasteiger partial charge < -0.3 is 29.7 Å². The molecule has 0 aromatic heterocycles. The molecular formula is C42H97N5O. The van der Waals surface area contributed by atoms with E-state index in [2.05, 4.69) is 73.9 Å². The van der Waals surface area contributed by atoms with E-state index in [1.54, 1.807) is 0 Å². The van der Waals surface area contributed by atoms with Crippen molar-refractivity contribution in [2.45, 2.75) is 153 Å². The summed E-state index contributed by atoms with van der Waals surface area (Å²) < 4.78 is 5.10. The third kappa shape index (κ3) is 38.6. The predicted octanol–water partition coefficient (Wildman–Crippen LogP) is 10.0. The Bertz CT molecular complexity index is 478. The van der Waals surface area contributed by atoms with Crippen LogP contribution in [0.25, 0.3) is 0 Å². The van der Waals surface area contributed by atoms with Crippen molar-refractivity contribution in [2.24, 2.45) is 17.8 Å². The van der Waals surface area contributed by atoms with Crippen molar-refractivity contribution in [3.63, 3.8) is 0 Å². The summed E-state index contributed by atoms with van der Waals surface area (Å²) in [5, 5.41) is 3.27. The molecule has 7 aliphatic rings. The number of piperidine rings is 1. The van der Waals surface area contributed by atoms with Crippen LogP contribution < -0.4 is 5.32 Å². The minimum Gasteiger partial charge on any atom is -0.379 e. The molecule has 4 aliphatic heterocycles. The highest BCUT2D eigenvalue weighted by molar-refractivity contribution is 4.65. The Balaban J connectivity index is -0.000000233. The van der Waals surface area contributed by atoms with Crippen LogP contribution in [-0.2, 0) is 4.74 Å². The van der Waals surface area contributed by atoms with E-state index >= 15 is 0 Å². The highest BCUT2D eigenvalue weighted by atomic mass is 16.5. The molecule has 6 heteroatoms. The highest BCUT2D eigenvalue weighted by Gasteiger charge is 2.12. The minimum atomic E-state index is 0. The van der Waals surface area contributed by atoms with Crippen LogP contribution in [-0.4, -0.2) is 126 Å². The van der Waals surface area contributed by atoms with Crippen LogP contribution in [0, 0.1) is 17.8 Å². The van der Waals surface area contributed by atoms with Gasteiger partial charge in [0.25, 0.3) is 0 Å². The summed E-state index contributed by atoms with van der Waals surface area (Å²) in [7, 11) is 8.60. The van der Waals surface area contributed by atoms with E-state index in [4.69, 9.17) is 4.74 Å². The van der Waals surface area contributed by atoms with Gasteiger partial charge in [0.1, 0.15) is 0 Å². The zero-order valence-corrected chi connectivity index (χ0v) is 31.2. The van der Waals surface area contributed by atoms with Gasteiger partial charge in [-0.2, -0.15) is 0 Å². The number of likely N-dealkylation sites (N-methyl/N-ethyl adjacent to an activating group) is 2. The van der Waals surface area contributed by atoms with Gasteiger partial charge in [0.15, 0.2) is 0 Å². The monoisotopic (exact) mass is 688 g/mol. The molecule has 1 N–H and O–H groups in total. The number of hydrogen-bond acceptors (Lipinski definition) is 6. The first kappa shape index (κ1) is 54.5. The van der Waals surface area contributed by atoms with Crippen molar-refractivity contribution >= 4 is 0 Å². The normalized spacial score (nSPS) is 23.3. The van der Waals surface area contributed by atoms with Crippen molar-refractivity contribution in [3.8, 4) is 0 Å². The van der Waals surface area contributed by atoms with E-state index in [1.165, 1.54) is 142 Å². The second kappa shape index (κ2) is 38.0. The summed E-state index contributed by atoms with van der Waals surface area (Å²) in [5.74, 6) is 3.16. The smallest absolute Gasteiger partial charge is 0.0594 e. The average Bonchev–Trinajstić information content (AvgIpc) is 3.82. The molecule has 48 heavy (non-hydrogen) atoms. The third-order valence-corrected chi connectivity index (χ3v) is 9.89. The van der Waals surface area contributed by atoms with Gasteiger partial charge in [-0.05, 0) is 91.4 Å². The first-order valence-electron chi connectivity index (χ1n) is 19.3. The van der Waals surface area contributed by atoms with Gasteiger partial charge in [-0.3, -0.25) is 0 Å². The lowest BCUT2D eigenvalue weighted by molar-refractivity contribution is 0.0503. The van der Waals surface area contributed by atoms with Gasteiger partial charge in [-0.25, -0.2) is 0 Å². The van der Waals surface area contributed by atoms with E-state index in [1.807, 2.05) is 0 Å². The molecule has 0 aromatic carbocycles. The van der Waals surface area contributed by atoms with Crippen LogP contribution >= 0.6 is 0 Å². The molecule has 3 aliphatic carbocycles. The minimum absolute atomic E-state index is 0. The Morgan fingerprint density at radius 3 is 0.854 bits per heavy atom. The Labute approximate surface area is 306 Å². The maximum atomic E-state index is 5.10. The lowest BCUT2D eigenvalue weighted by Crippen LogP contribution is -2.40. The Kier molecular flexibility index (Phi) is 43.2. The van der Waals surface area contributed by atoms with Crippen molar-refractivity contribution in [1.82, 2.24) is 24.9 Å². The van der Waals surface area contributed by atoms with Gasteiger partial charge in [0, 0.05) is 39.3 Å². The molecule has 0 aromatic rings. The second-order valence-corrected chi connectivity index (χ2v) is 15.2. The molecule has 4 saturated heterocycles. The molecule has 6 nitrogen and oxygen atoms in total. The summed E-state index contributed by atoms with van der Waals surface area (Å²) in [6.07, 6.45) is 23.5. The number of nitrogens with one attached hydrogen (secondary N) is 1. The maximum Gasteiger partial charge on any atom is 0.0594 e. The van der Waals surface area contributed by atoms with E-state index in [0.717, 1.165) is 57.1 Å². The summed E-state index contributed by atoms with van der Waals surface area (Å²) in [5.41, 5.74) is 0. The van der Waals surface area contributed by atoms with E-state index in [-0.39, 0.29) is 29.7 Å². The molecule has 0 amide bonds. The van der Waals surface area contributed by atoms with Gasteiger partial charge in [-0.15, -0.1) is 0 Å². The third-order valence-electron chi connectivity index (χ3n) is 9.89. The summed E-state index contributed by atoms with van der Waals surface area (Å²) in [4.78, 5) is 9.30. The van der Waals surface area contributed by atoms with E-state index < -0.39 is 0 Å². The summed E-state index contributed by atoms with van der Waals surface area (Å²) in [6.45, 7) is 21.0. The summed E-state index contributed by atoms with van der Waals surface area (Å²) >= 11 is 0. The molecule has 0 bridgehead atoms. The number of piperazine rings is 1. The molecule has 4 heterocycles. The number of rotatable bonds is 0. The first-order valence-corrected chi connectivity index (χ1v) is 19.3. The Hall–Kier alpha value is -0.240. The van der Waals surface area contributed by atoms with E-state index in [9.17, 15) is 0 Å². The molecule has 7 rings (SSSR count). The number of ether oxygens (including phenoxy) is 1. The van der Waals surface area contributed by atoms with E-state index in [0.29, 0.717) is 0 Å². The SMILES string of the molecule is C.C.C.C.CC1CC1.CC1CCCCC1.CC1CCCCC1.CN1CCC1.CN1CCCCC1.CN1CCNCC1.CN1CCOCC1. The van der Waals surface area contributed by atoms with Crippen LogP contribution in [0.2, 0.25) is 0 Å². The number of hydrogen-bond donors (Lipinski definition) is 1. The van der Waals surface area contributed by atoms with Crippen LogP contribution in [0.5, 0.6) is 0 Å². The number of likely N-dealkylation sites (tertiary alicyclic amines) is 2. The maximum absolute atomic E-state index is 5.10. The fraction of sp³-hybridized carbons (Fsp3) is 1.00. The fourth-order valence-electron chi connectivity index (χ4n) is 5.74. The molecule has 0 unspecified atom stereocenters. The number of morpholine rings is 1. The molecule has 0 spiro atoms. The topological polar surface area (TPSA) is 34.2 Å². The van der Waals surface area contributed by atoms with Gasteiger partial charge in [0.2, 0.25) is 0 Å². The molecular weight excluding hydrogens is 590 g/mol. The van der Waals surface area contributed by atoms with Gasteiger partial charge >= 0.3 is 0 Å². The average molecular weight is 688 g/mol. The lowest BCUT2D eigenvalue weighted by atomic mass is 9.91. The van der Waals surface area contributed by atoms with Crippen molar-refractivity contribution in [2.75, 3.05) is 107 Å². The summed E-state index contributed by atoms with van der Waals surface area (Å²) in [6, 6.07) is 0. The standard InChI is InChI=1S/2C7H14.C6H13N.C5H12N2.C5H11NO.C4H9N.C4H8.4CH4/c3*1-7-5-3-2-4-6-7;1-7-4-2-6-3-5-7;1-6-2-4-7-5-3-6;1-5-3-2-4-5;1-4-2-3-4;;;;/h2*7H,2-6H2,1H3;2-6H2,1H3;6H,2-5H2,1H3;2-5H2,1H3;2-4H2,1H3;4H,2-3H2,1H3;4*1H4. The molecule has 296 valence electrons. The Morgan fingerprint density at radius 2 is 0.688 bits per heavy atom. The predicted molar refractivity (Wildman–Crippen MR) is 222 cm³/mol. The van der Waals surface area contributed by atoms with Crippen LogP contribution in [0.3, 0.4) is 0 Å². The zero-order valence-electron chi connectivity index (χ0n) is 31.2. The van der Waals surface area contributed by atoms with Crippen LogP contribution in [0.4, 0.5) is 0 Å². The van der Waals surface area contributed by atoms with Crippen LogP contribution in [0.15, 0.2) is 0 Å².